The summed E-state index contributed by atoms with van der Waals surface area (Å²) in [5.41, 5.74) is 1.37. The van der Waals surface area contributed by atoms with Gasteiger partial charge < -0.3 is 28.6 Å². The van der Waals surface area contributed by atoms with Gasteiger partial charge in [0.1, 0.15) is 12.7 Å². The van der Waals surface area contributed by atoms with E-state index < -0.39 is 5.41 Å². The molecule has 7 aliphatic carbocycles. The van der Waals surface area contributed by atoms with Gasteiger partial charge in [0.2, 0.25) is 5.91 Å². The van der Waals surface area contributed by atoms with Gasteiger partial charge in [0.05, 0.1) is 44.4 Å². The van der Waals surface area contributed by atoms with E-state index in [9.17, 15) is 14.4 Å². The first-order valence-corrected chi connectivity index (χ1v) is 26.3. The first-order chi connectivity index (χ1) is 30.9. The summed E-state index contributed by atoms with van der Waals surface area (Å²) in [5, 5.41) is 0. The topological polar surface area (TPSA) is 101 Å². The maximum Gasteiger partial charge on any atom is 0.309 e. The lowest BCUT2D eigenvalue weighted by Gasteiger charge is -2.72. The third-order valence-corrected chi connectivity index (χ3v) is 21.7. The van der Waals surface area contributed by atoms with Crippen LogP contribution < -0.4 is 0 Å². The van der Waals surface area contributed by atoms with Gasteiger partial charge in [0, 0.05) is 31.5 Å². The largest absolute Gasteiger partial charge is 0.462 e. The highest BCUT2D eigenvalue weighted by molar-refractivity contribution is 5.82. The third-order valence-electron chi connectivity index (χ3n) is 21.7. The molecule has 0 radical (unpaired) electrons. The maximum absolute atomic E-state index is 14.7. The number of hydrogen-bond donors (Lipinski definition) is 0. The molecule has 1 aliphatic heterocycles. The highest BCUT2D eigenvalue weighted by Gasteiger charge is 2.72. The zero-order valence-electron chi connectivity index (χ0n) is 41.8. The van der Waals surface area contributed by atoms with Gasteiger partial charge in [-0.1, -0.05) is 85.7 Å². The van der Waals surface area contributed by atoms with Gasteiger partial charge >= 0.3 is 11.9 Å². The number of likely N-dealkylation sites (tertiary alicyclic amines) is 1. The highest BCUT2D eigenvalue weighted by Crippen LogP contribution is 2.78. The summed E-state index contributed by atoms with van der Waals surface area (Å²) in [6.45, 7) is 23.8. The minimum atomic E-state index is -0.506. The van der Waals surface area contributed by atoms with Crippen LogP contribution >= 0.6 is 0 Å². The van der Waals surface area contributed by atoms with E-state index in [2.05, 4.69) is 46.4 Å². The molecule has 1 aromatic carbocycles. The fourth-order valence-electron chi connectivity index (χ4n) is 17.2. The van der Waals surface area contributed by atoms with Crippen molar-refractivity contribution in [3.8, 4) is 0 Å². The number of hydrogen-bond acceptors (Lipinski definition) is 8. The van der Waals surface area contributed by atoms with Crippen molar-refractivity contribution in [1.29, 1.82) is 0 Å². The van der Waals surface area contributed by atoms with Crippen LogP contribution in [-0.2, 0) is 44.7 Å². The Hall–Kier alpha value is -2.49. The molecule has 1 aromatic rings. The fraction of sp³-hybridized carbons (Fsp3) is 0.839. The second-order valence-corrected chi connectivity index (χ2v) is 25.1. The van der Waals surface area contributed by atoms with Crippen molar-refractivity contribution in [3.63, 3.8) is 0 Å². The van der Waals surface area contributed by atoms with Crippen molar-refractivity contribution in [2.24, 2.45) is 85.8 Å². The van der Waals surface area contributed by atoms with Gasteiger partial charge in [-0.3, -0.25) is 14.4 Å². The molecule has 8 aliphatic rings. The second kappa shape index (κ2) is 17.8. The number of nitrogens with zero attached hydrogens (tertiary/aromatic N) is 1. The molecular formula is C56H85NO8. The molecule has 9 rings (SSSR count). The summed E-state index contributed by atoms with van der Waals surface area (Å²) < 4.78 is 29.2. The standard InChI is InChI=1S/C56H85NO8/c1-51(2)42(49(59)64-35-36-13-11-10-12-14-36)34-43(51)50(60)65-46-19-22-54(6)44(52(46,3)4)18-24-56(8)45(54)16-15-40-47-38(17-23-55(40,56)7)39(33-41(47)53(5)25-26-53)48(58)57-27-20-37(21-28-57)63-32-31-62-30-29-61-9/h10-14,37-47H,15-35H2,1-9H3/t38?,39-,40-,41-,42+,43-,44+,45-,46+,47+,54+,55-,56-/m1/s1. The normalized spacial score (nSPS) is 41.2. The van der Waals surface area contributed by atoms with Crippen LogP contribution in [0.25, 0.3) is 0 Å². The van der Waals surface area contributed by atoms with E-state index in [0.717, 1.165) is 50.8 Å². The number of carbonyl (C=O) groups is 3. The number of rotatable bonds is 14. The Kier molecular flexibility index (Phi) is 13.0. The maximum atomic E-state index is 14.7. The van der Waals surface area contributed by atoms with Crippen LogP contribution in [0.3, 0.4) is 0 Å². The molecule has 7 saturated carbocycles. The third kappa shape index (κ3) is 8.15. The number of esters is 2. The highest BCUT2D eigenvalue weighted by atomic mass is 16.6. The summed E-state index contributed by atoms with van der Waals surface area (Å²) in [6, 6.07) is 9.79. The molecule has 65 heavy (non-hydrogen) atoms. The van der Waals surface area contributed by atoms with E-state index in [-0.39, 0.29) is 70.2 Å². The molecule has 0 bridgehead atoms. The predicted octanol–water partition coefficient (Wildman–Crippen LogP) is 10.7. The molecule has 1 saturated heterocycles. The van der Waals surface area contributed by atoms with Crippen LogP contribution in [0, 0.1) is 85.8 Å². The molecule has 0 aromatic heterocycles. The second-order valence-electron chi connectivity index (χ2n) is 25.1. The number of piperidine rings is 1. The minimum Gasteiger partial charge on any atom is -0.462 e. The number of fused-ring (bicyclic) bond motifs is 7. The molecule has 9 nitrogen and oxygen atoms in total. The Balaban J connectivity index is 0.839. The van der Waals surface area contributed by atoms with Crippen LogP contribution in [0.2, 0.25) is 0 Å². The number of methoxy groups -OCH3 is 1. The van der Waals surface area contributed by atoms with E-state index in [1.54, 1.807) is 7.11 Å². The average Bonchev–Trinajstić information content (AvgIpc) is 3.90. The summed E-state index contributed by atoms with van der Waals surface area (Å²) >= 11 is 0. The zero-order chi connectivity index (χ0) is 46.2. The first-order valence-electron chi connectivity index (χ1n) is 26.3. The van der Waals surface area contributed by atoms with Crippen molar-refractivity contribution in [3.05, 3.63) is 35.9 Å². The van der Waals surface area contributed by atoms with Gasteiger partial charge in [-0.2, -0.15) is 0 Å². The fourth-order valence-corrected chi connectivity index (χ4v) is 17.2. The molecule has 1 amide bonds. The first kappa shape index (κ1) is 47.6. The van der Waals surface area contributed by atoms with Crippen LogP contribution in [-0.4, -0.2) is 81.6 Å². The van der Waals surface area contributed by atoms with E-state index in [0.29, 0.717) is 79.7 Å². The Bertz CT molecular complexity index is 1890. The van der Waals surface area contributed by atoms with E-state index in [4.69, 9.17) is 23.7 Å². The smallest absolute Gasteiger partial charge is 0.309 e. The van der Waals surface area contributed by atoms with Crippen LogP contribution in [0.1, 0.15) is 151 Å². The SMILES string of the molecule is COCCOCCOC1CCN(C(=O)[C@@H]2C[C@@H](C3(C)CC3)[C@H]3C2CC[C@]2(C)[C@@H]3CC[C@@H]3[C@@]4(C)CC[C@H](OC(=O)[C@H]5C[C@@H](C(=O)OCc6ccccc6)C5(C)C)C(C)(C)[C@@H]4CC[C@]32C)CC1. The summed E-state index contributed by atoms with van der Waals surface area (Å²) in [4.78, 5) is 44.2. The Morgan fingerprint density at radius 1 is 0.662 bits per heavy atom. The van der Waals surface area contributed by atoms with Crippen molar-refractivity contribution in [2.75, 3.05) is 46.6 Å². The Morgan fingerprint density at radius 2 is 1.35 bits per heavy atom. The van der Waals surface area contributed by atoms with Gasteiger partial charge in [-0.05, 0) is 158 Å². The van der Waals surface area contributed by atoms with Gasteiger partial charge in [-0.15, -0.1) is 0 Å². The lowest BCUT2D eigenvalue weighted by molar-refractivity contribution is -0.248. The van der Waals surface area contributed by atoms with Crippen molar-refractivity contribution in [2.45, 2.75) is 164 Å². The summed E-state index contributed by atoms with van der Waals surface area (Å²) in [6.07, 6.45) is 15.5. The lowest BCUT2D eigenvalue weighted by Crippen LogP contribution is -2.66. The van der Waals surface area contributed by atoms with Crippen LogP contribution in [0.15, 0.2) is 30.3 Å². The van der Waals surface area contributed by atoms with Crippen LogP contribution in [0.5, 0.6) is 0 Å². The zero-order valence-corrected chi connectivity index (χ0v) is 41.8. The predicted molar refractivity (Wildman–Crippen MR) is 251 cm³/mol. The van der Waals surface area contributed by atoms with Crippen molar-refractivity contribution < 1.29 is 38.1 Å². The molecule has 0 spiro atoms. The minimum absolute atomic E-state index is 0.128. The quantitative estimate of drug-likeness (QED) is 0.134. The Labute approximate surface area is 391 Å². The molecule has 362 valence electrons. The summed E-state index contributed by atoms with van der Waals surface area (Å²) in [7, 11) is 1.69. The number of benzene rings is 1. The van der Waals surface area contributed by atoms with Crippen molar-refractivity contribution >= 4 is 17.8 Å². The van der Waals surface area contributed by atoms with E-state index in [1.807, 2.05) is 44.2 Å². The summed E-state index contributed by atoms with van der Waals surface area (Å²) in [5.74, 6) is 3.24. The van der Waals surface area contributed by atoms with E-state index >= 15 is 0 Å². The molecule has 13 atom stereocenters. The van der Waals surface area contributed by atoms with Crippen molar-refractivity contribution in [1.82, 2.24) is 4.90 Å². The molecular weight excluding hydrogens is 815 g/mol. The monoisotopic (exact) mass is 900 g/mol. The average molecular weight is 900 g/mol. The Morgan fingerprint density at radius 3 is 2.05 bits per heavy atom. The van der Waals surface area contributed by atoms with Gasteiger partial charge in [-0.25, -0.2) is 0 Å². The van der Waals surface area contributed by atoms with Crippen LogP contribution in [0.4, 0.5) is 0 Å². The van der Waals surface area contributed by atoms with Gasteiger partial charge in [0.25, 0.3) is 0 Å². The molecule has 1 heterocycles. The number of ether oxygens (including phenoxy) is 5. The van der Waals surface area contributed by atoms with Gasteiger partial charge in [0.15, 0.2) is 0 Å². The lowest BCUT2D eigenvalue weighted by atomic mass is 9.33. The molecule has 0 N–H and O–H groups in total. The molecule has 8 fully saturated rings. The molecule has 1 unspecified atom stereocenters. The van der Waals surface area contributed by atoms with E-state index in [1.165, 1.54) is 51.4 Å². The molecule has 9 heteroatoms. The number of carbonyl (C=O) groups excluding carboxylic acids is 3. The number of amides is 1.